The maximum Gasteiger partial charge on any atom is 0.175 e. The Balaban J connectivity index is 3.29. The second-order valence-electron chi connectivity index (χ2n) is 2.75. The van der Waals surface area contributed by atoms with Crippen LogP contribution in [-0.2, 0) is 0 Å². The third-order valence-electron chi connectivity index (χ3n) is 1.85. The van der Waals surface area contributed by atoms with Gasteiger partial charge in [-0.15, -0.1) is 0 Å². The van der Waals surface area contributed by atoms with E-state index in [4.69, 9.17) is 16.3 Å². The van der Waals surface area contributed by atoms with Crippen molar-refractivity contribution in [3.05, 3.63) is 28.5 Å². The number of halogens is 2. The van der Waals surface area contributed by atoms with E-state index in [9.17, 15) is 9.18 Å². The van der Waals surface area contributed by atoms with Crippen LogP contribution in [0.15, 0.2) is 12.1 Å². The molecular weight excluding hydrogens is 207 g/mol. The topological polar surface area (TPSA) is 26.3 Å². The molecule has 0 amide bonds. The zero-order valence-corrected chi connectivity index (χ0v) is 8.69. The summed E-state index contributed by atoms with van der Waals surface area (Å²) < 4.78 is 18.2. The Morgan fingerprint density at radius 1 is 1.57 bits per heavy atom. The number of hydrogen-bond donors (Lipinski definition) is 0. The van der Waals surface area contributed by atoms with Crippen LogP contribution in [0.25, 0.3) is 0 Å². The molecule has 0 spiro atoms. The smallest absolute Gasteiger partial charge is 0.175 e. The normalized spacial score (nSPS) is 10.0. The van der Waals surface area contributed by atoms with Crippen LogP contribution in [0.1, 0.15) is 23.7 Å². The molecule has 0 saturated carbocycles. The van der Waals surface area contributed by atoms with Gasteiger partial charge in [0.1, 0.15) is 0 Å². The van der Waals surface area contributed by atoms with Gasteiger partial charge in [-0.1, -0.05) is 18.5 Å². The van der Waals surface area contributed by atoms with Gasteiger partial charge in [0.05, 0.1) is 12.7 Å². The summed E-state index contributed by atoms with van der Waals surface area (Å²) in [5, 5.41) is 0.292. The predicted octanol–water partition coefficient (Wildman–Crippen LogP) is 3.08. The number of ketones is 1. The van der Waals surface area contributed by atoms with Crippen LogP contribution in [-0.4, -0.2) is 12.9 Å². The number of hydrogen-bond acceptors (Lipinski definition) is 2. The second-order valence-corrected chi connectivity index (χ2v) is 3.18. The van der Waals surface area contributed by atoms with Crippen molar-refractivity contribution in [2.45, 2.75) is 13.3 Å². The number of carbonyl (C=O) groups is 1. The summed E-state index contributed by atoms with van der Waals surface area (Å²) in [5.74, 6) is -0.943. The van der Waals surface area contributed by atoms with Crippen molar-refractivity contribution in [2.24, 2.45) is 0 Å². The molecule has 0 unspecified atom stereocenters. The van der Waals surface area contributed by atoms with Gasteiger partial charge >= 0.3 is 0 Å². The van der Waals surface area contributed by atoms with Crippen LogP contribution in [0.3, 0.4) is 0 Å². The van der Waals surface area contributed by atoms with Gasteiger partial charge in [0.25, 0.3) is 0 Å². The minimum Gasteiger partial charge on any atom is -0.494 e. The molecular formula is C10H10ClFO2. The third-order valence-corrected chi connectivity index (χ3v) is 2.06. The molecule has 2 nitrogen and oxygen atoms in total. The van der Waals surface area contributed by atoms with Crippen molar-refractivity contribution in [3.8, 4) is 5.75 Å². The van der Waals surface area contributed by atoms with Gasteiger partial charge in [-0.25, -0.2) is 4.39 Å². The number of methoxy groups -OCH3 is 1. The minimum atomic E-state index is -0.649. The van der Waals surface area contributed by atoms with Crippen molar-refractivity contribution in [1.29, 1.82) is 0 Å². The Morgan fingerprint density at radius 3 is 2.71 bits per heavy atom. The van der Waals surface area contributed by atoms with Gasteiger partial charge in [0, 0.05) is 17.5 Å². The Morgan fingerprint density at radius 2 is 2.21 bits per heavy atom. The summed E-state index contributed by atoms with van der Waals surface area (Å²) in [7, 11) is 1.33. The van der Waals surface area contributed by atoms with Crippen molar-refractivity contribution in [2.75, 3.05) is 7.11 Å². The summed E-state index contributed by atoms with van der Waals surface area (Å²) in [4.78, 5) is 11.3. The molecule has 4 heteroatoms. The fraction of sp³-hybridized carbons (Fsp3) is 0.300. The molecule has 0 aliphatic heterocycles. The summed E-state index contributed by atoms with van der Waals surface area (Å²) in [5.41, 5.74) is -0.0168. The van der Waals surface area contributed by atoms with E-state index in [1.165, 1.54) is 19.2 Å². The molecule has 0 fully saturated rings. The van der Waals surface area contributed by atoms with Crippen molar-refractivity contribution < 1.29 is 13.9 Å². The van der Waals surface area contributed by atoms with Crippen LogP contribution in [0.5, 0.6) is 5.75 Å². The lowest BCUT2D eigenvalue weighted by Gasteiger charge is -2.06. The van der Waals surface area contributed by atoms with E-state index in [1.807, 2.05) is 0 Å². The fourth-order valence-electron chi connectivity index (χ4n) is 1.11. The zero-order chi connectivity index (χ0) is 10.7. The molecule has 0 atom stereocenters. The highest BCUT2D eigenvalue weighted by atomic mass is 35.5. The highest BCUT2D eigenvalue weighted by molar-refractivity contribution is 6.31. The average Bonchev–Trinajstić information content (AvgIpc) is 2.19. The zero-order valence-electron chi connectivity index (χ0n) is 7.93. The molecule has 1 rings (SSSR count). The van der Waals surface area contributed by atoms with Crippen LogP contribution in [0.2, 0.25) is 5.02 Å². The second kappa shape index (κ2) is 4.42. The van der Waals surface area contributed by atoms with E-state index < -0.39 is 5.82 Å². The first-order chi connectivity index (χ1) is 6.60. The Labute approximate surface area is 86.6 Å². The van der Waals surface area contributed by atoms with Gasteiger partial charge in [-0.3, -0.25) is 4.79 Å². The number of rotatable bonds is 3. The maximum absolute atomic E-state index is 13.5. The van der Waals surface area contributed by atoms with Crippen molar-refractivity contribution >= 4 is 17.4 Å². The Bertz CT molecular complexity index is 363. The molecule has 0 saturated heterocycles. The first kappa shape index (κ1) is 11.0. The number of benzene rings is 1. The molecule has 0 radical (unpaired) electrons. The van der Waals surface area contributed by atoms with Crippen LogP contribution in [0, 0.1) is 5.82 Å². The van der Waals surface area contributed by atoms with E-state index >= 15 is 0 Å². The van der Waals surface area contributed by atoms with E-state index in [-0.39, 0.29) is 23.5 Å². The molecule has 1 aromatic rings. The standard InChI is InChI=1S/C10H10ClFO2/c1-3-8(13)7-4-6(11)5-9(14-2)10(7)12/h4-5H,3H2,1-2H3. The van der Waals surface area contributed by atoms with Crippen molar-refractivity contribution in [3.63, 3.8) is 0 Å². The third kappa shape index (κ3) is 2.04. The average molecular weight is 217 g/mol. The molecule has 0 aromatic heterocycles. The van der Waals surface area contributed by atoms with Gasteiger partial charge in [0.2, 0.25) is 0 Å². The molecule has 0 bridgehead atoms. The minimum absolute atomic E-state index is 0.00528. The van der Waals surface area contributed by atoms with E-state index in [0.717, 1.165) is 0 Å². The first-order valence-corrected chi connectivity index (χ1v) is 4.54. The number of Topliss-reactive ketones (excluding diaryl/α,β-unsaturated/α-hetero) is 1. The quantitative estimate of drug-likeness (QED) is 0.726. The first-order valence-electron chi connectivity index (χ1n) is 4.16. The molecule has 1 aromatic carbocycles. The molecule has 0 aliphatic rings. The highest BCUT2D eigenvalue weighted by Crippen LogP contribution is 2.26. The van der Waals surface area contributed by atoms with E-state index in [1.54, 1.807) is 6.92 Å². The van der Waals surface area contributed by atoms with Crippen LogP contribution in [0.4, 0.5) is 4.39 Å². The predicted molar refractivity (Wildman–Crippen MR) is 52.6 cm³/mol. The summed E-state index contributed by atoms with van der Waals surface area (Å²) >= 11 is 5.70. The number of ether oxygens (including phenoxy) is 1. The van der Waals surface area contributed by atoms with Gasteiger partial charge in [0.15, 0.2) is 17.3 Å². The molecule has 76 valence electrons. The monoisotopic (exact) mass is 216 g/mol. The van der Waals surface area contributed by atoms with Crippen molar-refractivity contribution in [1.82, 2.24) is 0 Å². The summed E-state index contributed by atoms with van der Waals surface area (Å²) in [6.07, 6.45) is 0.237. The largest absolute Gasteiger partial charge is 0.494 e. The molecule has 14 heavy (non-hydrogen) atoms. The lowest BCUT2D eigenvalue weighted by atomic mass is 10.1. The van der Waals surface area contributed by atoms with Gasteiger partial charge in [-0.2, -0.15) is 0 Å². The van der Waals surface area contributed by atoms with E-state index in [0.29, 0.717) is 5.02 Å². The van der Waals surface area contributed by atoms with Crippen LogP contribution < -0.4 is 4.74 Å². The lowest BCUT2D eigenvalue weighted by Crippen LogP contribution is -2.02. The SMILES string of the molecule is CCC(=O)c1cc(Cl)cc(OC)c1F. The van der Waals surface area contributed by atoms with Crippen LogP contribution >= 0.6 is 11.6 Å². The highest BCUT2D eigenvalue weighted by Gasteiger charge is 2.15. The lowest BCUT2D eigenvalue weighted by molar-refractivity contribution is 0.0983. The summed E-state index contributed by atoms with van der Waals surface area (Å²) in [6, 6.07) is 2.65. The number of carbonyl (C=O) groups excluding carboxylic acids is 1. The molecule has 0 aliphatic carbocycles. The van der Waals surface area contributed by atoms with E-state index in [2.05, 4.69) is 0 Å². The van der Waals surface area contributed by atoms with Gasteiger partial charge < -0.3 is 4.74 Å². The Hall–Kier alpha value is -1.09. The molecule has 0 heterocycles. The maximum atomic E-state index is 13.5. The molecule has 0 N–H and O–H groups in total. The summed E-state index contributed by atoms with van der Waals surface area (Å²) in [6.45, 7) is 1.66. The Kier molecular flexibility index (Phi) is 3.47. The fourth-order valence-corrected chi connectivity index (χ4v) is 1.31. The van der Waals surface area contributed by atoms with Gasteiger partial charge in [-0.05, 0) is 6.07 Å².